The van der Waals surface area contributed by atoms with Crippen LogP contribution in [0.15, 0.2) is 58.4 Å². The molecular weight excluding hydrogens is 402 g/mol. The van der Waals surface area contributed by atoms with E-state index in [-0.39, 0.29) is 11.5 Å². The van der Waals surface area contributed by atoms with E-state index in [4.69, 9.17) is 0 Å². The summed E-state index contributed by atoms with van der Waals surface area (Å²) in [6, 6.07) is 14.5. The molecular formula is C19H14BrNO3S. The summed E-state index contributed by atoms with van der Waals surface area (Å²) < 4.78 is 0.798. The van der Waals surface area contributed by atoms with E-state index in [2.05, 4.69) is 21.2 Å². The van der Waals surface area contributed by atoms with Gasteiger partial charge in [0, 0.05) is 21.0 Å². The summed E-state index contributed by atoms with van der Waals surface area (Å²) in [6.07, 6.45) is 0. The Labute approximate surface area is 157 Å². The molecule has 3 rings (SSSR count). The van der Waals surface area contributed by atoms with Crippen LogP contribution in [-0.4, -0.2) is 17.0 Å². The quantitative estimate of drug-likeness (QED) is 0.596. The van der Waals surface area contributed by atoms with Crippen LogP contribution in [0.3, 0.4) is 0 Å². The van der Waals surface area contributed by atoms with Crippen molar-refractivity contribution in [2.75, 3.05) is 5.32 Å². The van der Waals surface area contributed by atoms with Gasteiger partial charge >= 0.3 is 5.97 Å². The number of carbonyl (C=O) groups excluding carboxylic acids is 1. The number of thiophene rings is 1. The molecule has 1 aromatic heterocycles. The van der Waals surface area contributed by atoms with Gasteiger partial charge in [-0.05, 0) is 30.7 Å². The monoisotopic (exact) mass is 415 g/mol. The molecule has 25 heavy (non-hydrogen) atoms. The first kappa shape index (κ1) is 17.4. The van der Waals surface area contributed by atoms with Crippen molar-refractivity contribution in [2.45, 2.75) is 6.92 Å². The van der Waals surface area contributed by atoms with Gasteiger partial charge in [-0.25, -0.2) is 4.79 Å². The molecule has 126 valence electrons. The van der Waals surface area contributed by atoms with Crippen molar-refractivity contribution in [3.05, 3.63) is 75.1 Å². The smallest absolute Gasteiger partial charge is 0.339 e. The largest absolute Gasteiger partial charge is 0.478 e. The maximum Gasteiger partial charge on any atom is 0.339 e. The first-order valence-corrected chi connectivity index (χ1v) is 9.12. The van der Waals surface area contributed by atoms with Crippen LogP contribution in [-0.2, 0) is 0 Å². The topological polar surface area (TPSA) is 66.4 Å². The van der Waals surface area contributed by atoms with Gasteiger partial charge in [-0.1, -0.05) is 51.8 Å². The third kappa shape index (κ3) is 3.65. The zero-order valence-corrected chi connectivity index (χ0v) is 15.6. The number of halogens is 1. The summed E-state index contributed by atoms with van der Waals surface area (Å²) in [5.41, 5.74) is 2.90. The zero-order valence-electron chi connectivity index (χ0n) is 13.2. The van der Waals surface area contributed by atoms with Crippen LogP contribution in [0.25, 0.3) is 11.1 Å². The van der Waals surface area contributed by atoms with Crippen molar-refractivity contribution >= 4 is 44.1 Å². The van der Waals surface area contributed by atoms with Crippen LogP contribution in [0.2, 0.25) is 0 Å². The molecule has 0 fully saturated rings. The molecule has 2 N–H and O–H groups in total. The Kier molecular flexibility index (Phi) is 5.01. The summed E-state index contributed by atoms with van der Waals surface area (Å²) >= 11 is 4.65. The number of aryl methyl sites for hydroxylation is 1. The van der Waals surface area contributed by atoms with Gasteiger partial charge < -0.3 is 10.4 Å². The van der Waals surface area contributed by atoms with Crippen molar-refractivity contribution < 1.29 is 14.7 Å². The van der Waals surface area contributed by atoms with Crippen molar-refractivity contribution in [3.8, 4) is 11.1 Å². The molecule has 0 atom stereocenters. The fourth-order valence-electron chi connectivity index (χ4n) is 2.50. The first-order valence-electron chi connectivity index (χ1n) is 7.45. The molecule has 6 heteroatoms. The second-order valence-electron chi connectivity index (χ2n) is 5.46. The first-order chi connectivity index (χ1) is 12.0. The number of hydrogen-bond donors (Lipinski definition) is 2. The minimum absolute atomic E-state index is 0.0953. The van der Waals surface area contributed by atoms with Crippen molar-refractivity contribution in [2.24, 2.45) is 0 Å². The Morgan fingerprint density at radius 3 is 2.52 bits per heavy atom. The maximum atomic E-state index is 12.4. The van der Waals surface area contributed by atoms with E-state index in [0.717, 1.165) is 15.6 Å². The predicted octanol–water partition coefficient (Wildman–Crippen LogP) is 5.44. The lowest BCUT2D eigenvalue weighted by atomic mass is 10.0. The summed E-state index contributed by atoms with van der Waals surface area (Å²) in [5, 5.41) is 14.5. The number of carboxylic acid groups (broad SMARTS) is 1. The van der Waals surface area contributed by atoms with Crippen LogP contribution in [0.5, 0.6) is 0 Å². The number of carbonyl (C=O) groups is 2. The highest BCUT2D eigenvalue weighted by Gasteiger charge is 2.22. The number of benzene rings is 2. The summed E-state index contributed by atoms with van der Waals surface area (Å²) in [7, 11) is 0. The van der Waals surface area contributed by atoms with Gasteiger partial charge in [0.1, 0.15) is 10.6 Å². The van der Waals surface area contributed by atoms with Crippen LogP contribution >= 0.6 is 27.3 Å². The Bertz CT molecular complexity index is 965. The van der Waals surface area contributed by atoms with Gasteiger partial charge in [-0.3, -0.25) is 4.79 Å². The third-order valence-corrected chi connectivity index (χ3v) is 5.26. The average molecular weight is 416 g/mol. The molecule has 2 aromatic carbocycles. The van der Waals surface area contributed by atoms with Gasteiger partial charge in [0.25, 0.3) is 5.91 Å². The van der Waals surface area contributed by atoms with Crippen LogP contribution in [0.4, 0.5) is 5.00 Å². The average Bonchev–Trinajstić information content (AvgIpc) is 2.99. The molecule has 1 amide bonds. The predicted molar refractivity (Wildman–Crippen MR) is 104 cm³/mol. The number of nitrogens with one attached hydrogen (secondary N) is 1. The Hall–Kier alpha value is -2.44. The lowest BCUT2D eigenvalue weighted by Crippen LogP contribution is -2.13. The Morgan fingerprint density at radius 1 is 1.08 bits per heavy atom. The lowest BCUT2D eigenvalue weighted by molar-refractivity contribution is 0.0699. The number of rotatable bonds is 4. The Morgan fingerprint density at radius 2 is 1.84 bits per heavy atom. The van der Waals surface area contributed by atoms with E-state index in [0.29, 0.717) is 16.1 Å². The highest BCUT2D eigenvalue weighted by Crippen LogP contribution is 2.38. The molecule has 0 bridgehead atoms. The van der Waals surface area contributed by atoms with Gasteiger partial charge in [0.05, 0.1) is 0 Å². The molecule has 0 aliphatic heterocycles. The van der Waals surface area contributed by atoms with Crippen molar-refractivity contribution in [3.63, 3.8) is 0 Å². The number of amides is 1. The molecule has 4 nitrogen and oxygen atoms in total. The van der Waals surface area contributed by atoms with E-state index >= 15 is 0 Å². The molecule has 0 aliphatic carbocycles. The number of anilines is 1. The normalized spacial score (nSPS) is 10.5. The van der Waals surface area contributed by atoms with Crippen molar-refractivity contribution in [1.29, 1.82) is 0 Å². The molecule has 0 saturated carbocycles. The van der Waals surface area contributed by atoms with E-state index in [1.807, 2.05) is 37.3 Å². The van der Waals surface area contributed by atoms with Gasteiger partial charge in [-0.15, -0.1) is 11.3 Å². The minimum Gasteiger partial charge on any atom is -0.478 e. The zero-order chi connectivity index (χ0) is 18.0. The molecule has 0 radical (unpaired) electrons. The highest BCUT2D eigenvalue weighted by atomic mass is 79.9. The fraction of sp³-hybridized carbons (Fsp3) is 0.0526. The maximum absolute atomic E-state index is 12.4. The van der Waals surface area contributed by atoms with Gasteiger partial charge in [0.2, 0.25) is 0 Å². The fourth-order valence-corrected chi connectivity index (χ4v) is 3.95. The molecule has 0 saturated heterocycles. The third-order valence-electron chi connectivity index (χ3n) is 3.68. The van der Waals surface area contributed by atoms with Gasteiger partial charge in [0.15, 0.2) is 0 Å². The second kappa shape index (κ2) is 7.21. The van der Waals surface area contributed by atoms with Crippen molar-refractivity contribution in [1.82, 2.24) is 0 Å². The second-order valence-corrected chi connectivity index (χ2v) is 7.20. The van der Waals surface area contributed by atoms with Gasteiger partial charge in [-0.2, -0.15) is 0 Å². The SMILES string of the molecule is Cc1cccc(C(=O)Nc2scc(-c3ccccc3Br)c2C(=O)O)c1. The van der Waals surface area contributed by atoms with Crippen LogP contribution in [0, 0.1) is 6.92 Å². The highest BCUT2D eigenvalue weighted by molar-refractivity contribution is 9.10. The lowest BCUT2D eigenvalue weighted by Gasteiger charge is -2.07. The summed E-state index contributed by atoms with van der Waals surface area (Å²) in [4.78, 5) is 24.2. The van der Waals surface area contributed by atoms with E-state index in [9.17, 15) is 14.7 Å². The molecule has 0 aliphatic rings. The Balaban J connectivity index is 1.99. The molecule has 1 heterocycles. The summed E-state index contributed by atoms with van der Waals surface area (Å²) in [6.45, 7) is 1.90. The molecule has 0 spiro atoms. The number of hydrogen-bond acceptors (Lipinski definition) is 3. The minimum atomic E-state index is -1.08. The van der Waals surface area contributed by atoms with Crippen LogP contribution in [0.1, 0.15) is 26.3 Å². The molecule has 3 aromatic rings. The van der Waals surface area contributed by atoms with E-state index < -0.39 is 5.97 Å². The number of carboxylic acids is 1. The standard InChI is InChI=1S/C19H14BrNO3S/c1-11-5-4-6-12(9-11)17(22)21-18-16(19(23)24)14(10-25-18)13-7-2-3-8-15(13)20/h2-10H,1H3,(H,21,22)(H,23,24). The number of aromatic carboxylic acids is 1. The molecule has 0 unspecified atom stereocenters. The van der Waals surface area contributed by atoms with Crippen LogP contribution < -0.4 is 5.32 Å². The van der Waals surface area contributed by atoms with E-state index in [1.54, 1.807) is 23.6 Å². The summed E-state index contributed by atoms with van der Waals surface area (Å²) in [5.74, 6) is -1.40. The van der Waals surface area contributed by atoms with E-state index in [1.165, 1.54) is 11.3 Å².